The zero-order valence-corrected chi connectivity index (χ0v) is 13.6. The fourth-order valence-electron chi connectivity index (χ4n) is 1.71. The van der Waals surface area contributed by atoms with E-state index in [4.69, 9.17) is 9.15 Å². The number of ether oxygens (including phenoxy) is 1. The molecule has 0 aliphatic carbocycles. The number of hydrogen-bond donors (Lipinski definition) is 1. The van der Waals surface area contributed by atoms with Gasteiger partial charge in [0.05, 0.1) is 6.61 Å². The van der Waals surface area contributed by atoms with Crippen LogP contribution >= 0.6 is 15.9 Å². The lowest BCUT2D eigenvalue weighted by Gasteiger charge is -2.09. The number of halogens is 1. The van der Waals surface area contributed by atoms with E-state index >= 15 is 0 Å². The molecule has 0 bridgehead atoms. The van der Waals surface area contributed by atoms with Crippen LogP contribution in [0.1, 0.15) is 30.8 Å². The van der Waals surface area contributed by atoms with E-state index in [0.717, 1.165) is 12.2 Å². The SMILES string of the molecule is CC(C)CCOc1cccc(NC(=O)c2ccc(Br)o2)c1. The minimum absolute atomic E-state index is 0.257. The molecule has 0 saturated heterocycles. The van der Waals surface area contributed by atoms with Crippen LogP contribution in [0.2, 0.25) is 0 Å². The molecule has 1 amide bonds. The Kier molecular flexibility index (Phi) is 5.44. The Bertz CT molecular complexity index is 607. The molecule has 0 fully saturated rings. The third kappa shape index (κ3) is 4.93. The Morgan fingerprint density at radius 2 is 2.14 bits per heavy atom. The highest BCUT2D eigenvalue weighted by Gasteiger charge is 2.10. The Morgan fingerprint density at radius 3 is 2.81 bits per heavy atom. The average Bonchev–Trinajstić information content (AvgIpc) is 2.85. The fourth-order valence-corrected chi connectivity index (χ4v) is 2.01. The van der Waals surface area contributed by atoms with Gasteiger partial charge in [-0.05, 0) is 52.5 Å². The minimum Gasteiger partial charge on any atom is -0.494 e. The van der Waals surface area contributed by atoms with E-state index in [1.807, 2.05) is 18.2 Å². The second kappa shape index (κ2) is 7.31. The lowest BCUT2D eigenvalue weighted by Crippen LogP contribution is -2.11. The summed E-state index contributed by atoms with van der Waals surface area (Å²) in [6, 6.07) is 10.6. The van der Waals surface area contributed by atoms with E-state index in [-0.39, 0.29) is 11.7 Å². The molecule has 2 aromatic rings. The summed E-state index contributed by atoms with van der Waals surface area (Å²) in [5, 5.41) is 2.78. The van der Waals surface area contributed by atoms with Crippen molar-refractivity contribution in [3.8, 4) is 5.75 Å². The Morgan fingerprint density at radius 1 is 1.33 bits per heavy atom. The van der Waals surface area contributed by atoms with Gasteiger partial charge >= 0.3 is 0 Å². The number of anilines is 1. The molecule has 0 radical (unpaired) electrons. The van der Waals surface area contributed by atoms with Gasteiger partial charge in [0.1, 0.15) is 5.75 Å². The number of furan rings is 1. The van der Waals surface area contributed by atoms with Crippen LogP contribution < -0.4 is 10.1 Å². The minimum atomic E-state index is -0.292. The van der Waals surface area contributed by atoms with Crippen molar-refractivity contribution in [2.24, 2.45) is 5.92 Å². The van der Waals surface area contributed by atoms with Crippen LogP contribution in [-0.4, -0.2) is 12.5 Å². The third-order valence-corrected chi connectivity index (χ3v) is 3.28. The van der Waals surface area contributed by atoms with Crippen molar-refractivity contribution in [3.63, 3.8) is 0 Å². The van der Waals surface area contributed by atoms with Crippen molar-refractivity contribution in [1.29, 1.82) is 0 Å². The van der Waals surface area contributed by atoms with Crippen molar-refractivity contribution < 1.29 is 13.9 Å². The molecule has 0 aliphatic rings. The maximum absolute atomic E-state index is 12.0. The summed E-state index contributed by atoms with van der Waals surface area (Å²) >= 11 is 3.17. The second-order valence-electron chi connectivity index (χ2n) is 5.12. The quantitative estimate of drug-likeness (QED) is 0.818. The maximum atomic E-state index is 12.0. The van der Waals surface area contributed by atoms with Gasteiger partial charge in [0, 0.05) is 11.8 Å². The molecule has 1 aromatic heterocycles. The van der Waals surface area contributed by atoms with Crippen LogP contribution in [-0.2, 0) is 0 Å². The zero-order chi connectivity index (χ0) is 15.2. The van der Waals surface area contributed by atoms with Gasteiger partial charge in [0.25, 0.3) is 5.91 Å². The number of rotatable bonds is 6. The van der Waals surface area contributed by atoms with Crippen LogP contribution in [0.3, 0.4) is 0 Å². The molecule has 112 valence electrons. The fraction of sp³-hybridized carbons (Fsp3) is 0.312. The summed E-state index contributed by atoms with van der Waals surface area (Å²) in [6.45, 7) is 4.98. The standard InChI is InChI=1S/C16H18BrNO3/c1-11(2)8-9-20-13-5-3-4-12(10-13)18-16(19)14-6-7-15(17)21-14/h3-7,10-11H,8-9H2,1-2H3,(H,18,19). The van der Waals surface area contributed by atoms with Gasteiger partial charge in [-0.1, -0.05) is 19.9 Å². The third-order valence-electron chi connectivity index (χ3n) is 2.85. The number of carbonyl (C=O) groups is 1. The molecule has 0 unspecified atom stereocenters. The summed E-state index contributed by atoms with van der Waals surface area (Å²) in [5.74, 6) is 1.31. The summed E-state index contributed by atoms with van der Waals surface area (Å²) in [4.78, 5) is 12.0. The summed E-state index contributed by atoms with van der Waals surface area (Å²) in [6.07, 6.45) is 0.997. The van der Waals surface area contributed by atoms with Gasteiger partial charge in [-0.3, -0.25) is 4.79 Å². The zero-order valence-electron chi connectivity index (χ0n) is 12.1. The number of amides is 1. The lowest BCUT2D eigenvalue weighted by molar-refractivity contribution is 0.0995. The molecule has 5 heteroatoms. The van der Waals surface area contributed by atoms with E-state index in [2.05, 4.69) is 35.1 Å². The first kappa shape index (κ1) is 15.6. The molecule has 21 heavy (non-hydrogen) atoms. The second-order valence-corrected chi connectivity index (χ2v) is 5.90. The molecule has 0 saturated carbocycles. The predicted molar refractivity (Wildman–Crippen MR) is 85.8 cm³/mol. The molecular weight excluding hydrogens is 334 g/mol. The van der Waals surface area contributed by atoms with Crippen LogP contribution in [0.5, 0.6) is 5.75 Å². The number of hydrogen-bond acceptors (Lipinski definition) is 3. The van der Waals surface area contributed by atoms with E-state index in [9.17, 15) is 4.79 Å². The smallest absolute Gasteiger partial charge is 0.291 e. The van der Waals surface area contributed by atoms with E-state index in [0.29, 0.717) is 22.9 Å². The molecule has 2 rings (SSSR count). The van der Waals surface area contributed by atoms with Crippen molar-refractivity contribution in [1.82, 2.24) is 0 Å². The largest absolute Gasteiger partial charge is 0.494 e. The molecule has 0 aliphatic heterocycles. The summed E-state index contributed by atoms with van der Waals surface area (Å²) in [5.41, 5.74) is 0.676. The monoisotopic (exact) mass is 351 g/mol. The van der Waals surface area contributed by atoms with Crippen LogP contribution in [0.25, 0.3) is 0 Å². The van der Waals surface area contributed by atoms with E-state index in [1.165, 1.54) is 0 Å². The molecule has 1 N–H and O–H groups in total. The number of carbonyl (C=O) groups excluding carboxylic acids is 1. The summed E-state index contributed by atoms with van der Waals surface area (Å²) in [7, 11) is 0. The molecule has 0 atom stereocenters. The Hall–Kier alpha value is -1.75. The van der Waals surface area contributed by atoms with Gasteiger partial charge in [0.2, 0.25) is 0 Å². The highest BCUT2D eigenvalue weighted by molar-refractivity contribution is 9.10. The van der Waals surface area contributed by atoms with E-state index in [1.54, 1.807) is 18.2 Å². The van der Waals surface area contributed by atoms with Gasteiger partial charge in [-0.15, -0.1) is 0 Å². The highest BCUT2D eigenvalue weighted by Crippen LogP contribution is 2.20. The van der Waals surface area contributed by atoms with Gasteiger partial charge in [0.15, 0.2) is 10.4 Å². The first-order valence-electron chi connectivity index (χ1n) is 6.84. The van der Waals surface area contributed by atoms with Gasteiger partial charge in [-0.2, -0.15) is 0 Å². The van der Waals surface area contributed by atoms with E-state index < -0.39 is 0 Å². The first-order valence-corrected chi connectivity index (χ1v) is 7.63. The van der Waals surface area contributed by atoms with Gasteiger partial charge < -0.3 is 14.5 Å². The average molecular weight is 352 g/mol. The van der Waals surface area contributed by atoms with Crippen LogP contribution in [0.15, 0.2) is 45.5 Å². The summed E-state index contributed by atoms with van der Waals surface area (Å²) < 4.78 is 11.4. The van der Waals surface area contributed by atoms with Crippen molar-refractivity contribution >= 4 is 27.5 Å². The Labute approximate surface area is 132 Å². The normalized spacial score (nSPS) is 10.7. The highest BCUT2D eigenvalue weighted by atomic mass is 79.9. The van der Waals surface area contributed by atoms with Gasteiger partial charge in [-0.25, -0.2) is 0 Å². The topological polar surface area (TPSA) is 51.5 Å². The van der Waals surface area contributed by atoms with Crippen molar-refractivity contribution in [3.05, 3.63) is 46.8 Å². The van der Waals surface area contributed by atoms with Crippen LogP contribution in [0.4, 0.5) is 5.69 Å². The molecule has 1 heterocycles. The Balaban J connectivity index is 1.96. The molecular formula is C16H18BrNO3. The number of nitrogens with one attached hydrogen (secondary N) is 1. The lowest BCUT2D eigenvalue weighted by atomic mass is 10.1. The van der Waals surface area contributed by atoms with Crippen LogP contribution in [0, 0.1) is 5.92 Å². The molecule has 4 nitrogen and oxygen atoms in total. The van der Waals surface area contributed by atoms with Crippen molar-refractivity contribution in [2.75, 3.05) is 11.9 Å². The first-order chi connectivity index (χ1) is 10.0. The molecule has 0 spiro atoms. The number of benzene rings is 1. The maximum Gasteiger partial charge on any atom is 0.291 e. The predicted octanol–water partition coefficient (Wildman–Crippen LogP) is 4.72. The van der Waals surface area contributed by atoms with Crippen molar-refractivity contribution in [2.45, 2.75) is 20.3 Å². The molecule has 1 aromatic carbocycles.